The van der Waals surface area contributed by atoms with Crippen LogP contribution in [0.2, 0.25) is 0 Å². The first kappa shape index (κ1) is 15.9. The normalized spacial score (nSPS) is 11.2. The second-order valence-electron chi connectivity index (χ2n) is 5.07. The van der Waals surface area contributed by atoms with Crippen molar-refractivity contribution in [1.29, 1.82) is 0 Å². The van der Waals surface area contributed by atoms with E-state index in [9.17, 15) is 0 Å². The highest BCUT2D eigenvalue weighted by Crippen LogP contribution is 2.12. The van der Waals surface area contributed by atoms with E-state index in [4.69, 9.17) is 9.52 Å². The Morgan fingerprint density at radius 2 is 2.11 bits per heavy atom. The van der Waals surface area contributed by atoms with E-state index in [1.807, 2.05) is 4.90 Å². The van der Waals surface area contributed by atoms with Gasteiger partial charge >= 0.3 is 6.01 Å². The van der Waals surface area contributed by atoms with Gasteiger partial charge in [0.15, 0.2) is 0 Å². The molecule has 1 rings (SSSR count). The van der Waals surface area contributed by atoms with Crippen LogP contribution in [-0.2, 0) is 6.54 Å². The number of nitrogens with one attached hydrogen (secondary N) is 1. The molecular formula is C13H26N4O2. The van der Waals surface area contributed by atoms with Gasteiger partial charge in [0.2, 0.25) is 5.89 Å². The van der Waals surface area contributed by atoms with Crippen LogP contribution in [0.5, 0.6) is 0 Å². The molecule has 1 aromatic rings. The average Bonchev–Trinajstić information content (AvgIpc) is 2.82. The van der Waals surface area contributed by atoms with E-state index in [0.717, 1.165) is 25.9 Å². The van der Waals surface area contributed by atoms with E-state index in [0.29, 0.717) is 30.9 Å². The second kappa shape index (κ2) is 8.87. The number of aliphatic hydroxyl groups excluding tert-OH is 1. The Hall–Kier alpha value is -1.14. The molecule has 0 saturated carbocycles. The van der Waals surface area contributed by atoms with Crippen molar-refractivity contribution in [2.45, 2.75) is 40.2 Å². The van der Waals surface area contributed by atoms with Gasteiger partial charge in [-0.1, -0.05) is 32.3 Å². The van der Waals surface area contributed by atoms with Crippen LogP contribution in [0.3, 0.4) is 0 Å². The molecule has 0 saturated heterocycles. The number of anilines is 1. The van der Waals surface area contributed by atoms with E-state index < -0.39 is 0 Å². The number of rotatable bonds is 10. The van der Waals surface area contributed by atoms with Gasteiger partial charge in [-0.25, -0.2) is 0 Å². The molecule has 0 unspecified atom stereocenters. The van der Waals surface area contributed by atoms with Gasteiger partial charge in [0.1, 0.15) is 0 Å². The van der Waals surface area contributed by atoms with E-state index in [1.54, 1.807) is 0 Å². The first-order valence-corrected chi connectivity index (χ1v) is 7.06. The molecule has 0 aliphatic heterocycles. The highest BCUT2D eigenvalue weighted by Gasteiger charge is 2.13. The standard InChI is InChI=1S/C13H26N4O2/c1-4-5-6-17(7-8-18)13-16-15-12(19-13)10-14-9-11(2)3/h11,14,18H,4-10H2,1-3H3. The fourth-order valence-corrected chi connectivity index (χ4v) is 1.68. The summed E-state index contributed by atoms with van der Waals surface area (Å²) in [6.07, 6.45) is 2.14. The Kier molecular flexibility index (Phi) is 7.43. The Morgan fingerprint density at radius 3 is 2.74 bits per heavy atom. The third-order valence-electron chi connectivity index (χ3n) is 2.71. The molecule has 0 amide bonds. The molecule has 19 heavy (non-hydrogen) atoms. The zero-order chi connectivity index (χ0) is 14.1. The summed E-state index contributed by atoms with van der Waals surface area (Å²) in [5.41, 5.74) is 0. The Labute approximate surface area is 115 Å². The van der Waals surface area contributed by atoms with Crippen molar-refractivity contribution < 1.29 is 9.52 Å². The van der Waals surface area contributed by atoms with E-state index in [-0.39, 0.29) is 6.61 Å². The van der Waals surface area contributed by atoms with E-state index in [1.165, 1.54) is 0 Å². The Bertz CT molecular complexity index is 341. The lowest BCUT2D eigenvalue weighted by molar-refractivity contribution is 0.297. The molecule has 2 N–H and O–H groups in total. The van der Waals surface area contributed by atoms with E-state index >= 15 is 0 Å². The van der Waals surface area contributed by atoms with Crippen LogP contribution in [-0.4, -0.2) is 41.5 Å². The van der Waals surface area contributed by atoms with Crippen LogP contribution in [0.25, 0.3) is 0 Å². The zero-order valence-electron chi connectivity index (χ0n) is 12.2. The summed E-state index contributed by atoms with van der Waals surface area (Å²) in [5.74, 6) is 1.19. The number of nitrogens with zero attached hydrogens (tertiary/aromatic N) is 3. The van der Waals surface area contributed by atoms with Crippen LogP contribution >= 0.6 is 0 Å². The molecule has 0 aliphatic carbocycles. The second-order valence-corrected chi connectivity index (χ2v) is 5.07. The molecule has 0 fully saturated rings. The molecule has 0 atom stereocenters. The van der Waals surface area contributed by atoms with Crippen molar-refractivity contribution in [3.05, 3.63) is 5.89 Å². The lowest BCUT2D eigenvalue weighted by Gasteiger charge is -2.18. The number of unbranched alkanes of at least 4 members (excludes halogenated alkanes) is 1. The number of hydrogen-bond acceptors (Lipinski definition) is 6. The van der Waals surface area contributed by atoms with Gasteiger partial charge in [-0.05, 0) is 18.9 Å². The summed E-state index contributed by atoms with van der Waals surface area (Å²) in [4.78, 5) is 1.93. The summed E-state index contributed by atoms with van der Waals surface area (Å²) < 4.78 is 5.61. The minimum Gasteiger partial charge on any atom is -0.407 e. The van der Waals surface area contributed by atoms with Crippen LogP contribution in [0.15, 0.2) is 4.42 Å². The summed E-state index contributed by atoms with van der Waals surface area (Å²) in [6.45, 7) is 9.40. The minimum absolute atomic E-state index is 0.0903. The van der Waals surface area contributed by atoms with Crippen LogP contribution in [0.1, 0.15) is 39.5 Å². The zero-order valence-corrected chi connectivity index (χ0v) is 12.2. The molecule has 0 aliphatic rings. The Balaban J connectivity index is 2.49. The van der Waals surface area contributed by atoms with E-state index in [2.05, 4.69) is 36.3 Å². The van der Waals surface area contributed by atoms with Gasteiger partial charge in [-0.3, -0.25) is 0 Å². The predicted octanol–water partition coefficient (Wildman–Crippen LogP) is 1.41. The highest BCUT2D eigenvalue weighted by molar-refractivity contribution is 5.23. The third kappa shape index (κ3) is 6.02. The summed E-state index contributed by atoms with van der Waals surface area (Å²) in [7, 11) is 0. The van der Waals surface area contributed by atoms with Crippen molar-refractivity contribution in [3.8, 4) is 0 Å². The van der Waals surface area contributed by atoms with Crippen molar-refractivity contribution in [3.63, 3.8) is 0 Å². The minimum atomic E-state index is 0.0903. The number of aromatic nitrogens is 2. The SMILES string of the molecule is CCCCN(CCO)c1nnc(CNCC(C)C)o1. The highest BCUT2D eigenvalue weighted by atomic mass is 16.4. The predicted molar refractivity (Wildman–Crippen MR) is 75.0 cm³/mol. The largest absolute Gasteiger partial charge is 0.407 e. The van der Waals surface area contributed by atoms with Gasteiger partial charge in [-0.15, -0.1) is 5.10 Å². The maximum atomic E-state index is 9.06. The molecule has 0 bridgehead atoms. The van der Waals surface area contributed by atoms with Gasteiger partial charge in [0.05, 0.1) is 13.2 Å². The fraction of sp³-hybridized carbons (Fsp3) is 0.846. The summed E-state index contributed by atoms with van der Waals surface area (Å²) in [6, 6.07) is 0.504. The van der Waals surface area contributed by atoms with Crippen LogP contribution in [0.4, 0.5) is 6.01 Å². The summed E-state index contributed by atoms with van der Waals surface area (Å²) >= 11 is 0. The van der Waals surface area contributed by atoms with Crippen molar-refractivity contribution in [1.82, 2.24) is 15.5 Å². The number of aliphatic hydroxyl groups is 1. The van der Waals surface area contributed by atoms with Crippen LogP contribution in [0, 0.1) is 5.92 Å². The maximum Gasteiger partial charge on any atom is 0.318 e. The summed E-state index contributed by atoms with van der Waals surface area (Å²) in [5, 5.41) is 20.4. The van der Waals surface area contributed by atoms with Crippen molar-refractivity contribution in [2.24, 2.45) is 5.92 Å². The van der Waals surface area contributed by atoms with Gasteiger partial charge in [-0.2, -0.15) is 0 Å². The van der Waals surface area contributed by atoms with Crippen molar-refractivity contribution in [2.75, 3.05) is 31.1 Å². The average molecular weight is 270 g/mol. The molecule has 6 nitrogen and oxygen atoms in total. The molecule has 0 spiro atoms. The quantitative estimate of drug-likeness (QED) is 0.669. The molecule has 0 radical (unpaired) electrons. The first-order valence-electron chi connectivity index (χ1n) is 7.06. The van der Waals surface area contributed by atoms with Gasteiger partial charge in [0, 0.05) is 13.1 Å². The molecule has 110 valence electrons. The number of hydrogen-bond donors (Lipinski definition) is 2. The first-order chi connectivity index (χ1) is 9.17. The lowest BCUT2D eigenvalue weighted by Crippen LogP contribution is -2.28. The molecule has 1 heterocycles. The monoisotopic (exact) mass is 270 g/mol. The van der Waals surface area contributed by atoms with Crippen molar-refractivity contribution >= 4 is 6.01 Å². The fourth-order valence-electron chi connectivity index (χ4n) is 1.68. The Morgan fingerprint density at radius 1 is 1.32 bits per heavy atom. The third-order valence-corrected chi connectivity index (χ3v) is 2.71. The smallest absolute Gasteiger partial charge is 0.318 e. The lowest BCUT2D eigenvalue weighted by atomic mass is 10.2. The molecule has 0 aromatic carbocycles. The molecule has 1 aromatic heterocycles. The maximum absolute atomic E-state index is 9.06. The topological polar surface area (TPSA) is 74.4 Å². The molecular weight excluding hydrogens is 244 g/mol. The molecule has 6 heteroatoms. The van der Waals surface area contributed by atoms with Crippen LogP contribution < -0.4 is 10.2 Å². The van der Waals surface area contributed by atoms with Gasteiger partial charge in [0.25, 0.3) is 0 Å². The van der Waals surface area contributed by atoms with Gasteiger partial charge < -0.3 is 19.7 Å².